The van der Waals surface area contributed by atoms with Gasteiger partial charge in [0.25, 0.3) is 0 Å². The van der Waals surface area contributed by atoms with E-state index in [-0.39, 0.29) is 17.5 Å². The maximum Gasteiger partial charge on any atom is 0.173 e. The average molecular weight is 317 g/mol. The number of aromatic nitrogens is 2. The van der Waals surface area contributed by atoms with Gasteiger partial charge in [0.2, 0.25) is 0 Å². The second-order valence-electron chi connectivity index (χ2n) is 5.14. The van der Waals surface area contributed by atoms with E-state index < -0.39 is 9.84 Å². The lowest BCUT2D eigenvalue weighted by molar-refractivity contribution is 0.477. The van der Waals surface area contributed by atoms with E-state index in [1.807, 2.05) is 6.92 Å². The number of sulfone groups is 1. The van der Waals surface area contributed by atoms with Gasteiger partial charge in [0.15, 0.2) is 15.7 Å². The molecule has 1 aliphatic heterocycles. The molecule has 0 radical (unpaired) electrons. The molecule has 0 fully saturated rings. The van der Waals surface area contributed by atoms with Crippen LogP contribution in [-0.2, 0) is 9.84 Å². The zero-order valence-corrected chi connectivity index (χ0v) is 12.7. The van der Waals surface area contributed by atoms with Crippen LogP contribution in [0.5, 0.6) is 5.75 Å². The third-order valence-electron chi connectivity index (χ3n) is 3.26. The van der Waals surface area contributed by atoms with Gasteiger partial charge in [0.1, 0.15) is 11.6 Å². The zero-order chi connectivity index (χ0) is 15.7. The summed E-state index contributed by atoms with van der Waals surface area (Å²) in [6.45, 7) is 1.82. The zero-order valence-electron chi connectivity index (χ0n) is 11.9. The minimum atomic E-state index is -3.12. The van der Waals surface area contributed by atoms with E-state index in [4.69, 9.17) is 0 Å². The highest BCUT2D eigenvalue weighted by Gasteiger charge is 2.22. The van der Waals surface area contributed by atoms with Crippen molar-refractivity contribution < 1.29 is 13.5 Å². The Morgan fingerprint density at radius 3 is 2.73 bits per heavy atom. The van der Waals surface area contributed by atoms with Crippen molar-refractivity contribution in [2.45, 2.75) is 13.0 Å². The van der Waals surface area contributed by atoms with Crippen molar-refractivity contribution in [2.24, 2.45) is 0 Å². The van der Waals surface area contributed by atoms with Gasteiger partial charge in [-0.1, -0.05) is 12.1 Å². The summed E-state index contributed by atoms with van der Waals surface area (Å²) in [6, 6.07) is 8.25. The van der Waals surface area contributed by atoms with E-state index in [0.717, 1.165) is 5.69 Å². The lowest BCUT2D eigenvalue weighted by atomic mass is 10.2. The molecule has 0 aliphatic carbocycles. The van der Waals surface area contributed by atoms with Crippen molar-refractivity contribution in [3.8, 4) is 17.1 Å². The molecule has 0 saturated carbocycles. The molecule has 0 spiro atoms. The molecular weight excluding hydrogens is 302 g/mol. The Morgan fingerprint density at radius 2 is 2.05 bits per heavy atom. The van der Waals surface area contributed by atoms with Crippen LogP contribution in [0.3, 0.4) is 0 Å². The van der Waals surface area contributed by atoms with Gasteiger partial charge < -0.3 is 10.4 Å². The molecule has 7 heteroatoms. The summed E-state index contributed by atoms with van der Waals surface area (Å²) in [5.41, 5.74) is 1.25. The summed E-state index contributed by atoms with van der Waals surface area (Å²) in [6.07, 6.45) is 1.60. The normalized spacial score (nSPS) is 19.2. The smallest absolute Gasteiger partial charge is 0.173 e. The number of aryl methyl sites for hydroxylation is 1. The Kier molecular flexibility index (Phi) is 3.58. The Morgan fingerprint density at radius 1 is 1.27 bits per heavy atom. The number of benzene rings is 1. The summed E-state index contributed by atoms with van der Waals surface area (Å²) >= 11 is 0. The van der Waals surface area contributed by atoms with Gasteiger partial charge in [-0.3, -0.25) is 0 Å². The van der Waals surface area contributed by atoms with Crippen LogP contribution >= 0.6 is 0 Å². The van der Waals surface area contributed by atoms with Gasteiger partial charge in [-0.15, -0.1) is 0 Å². The van der Waals surface area contributed by atoms with Crippen LogP contribution in [0.15, 0.2) is 41.8 Å². The quantitative estimate of drug-likeness (QED) is 0.898. The molecule has 1 aliphatic rings. The van der Waals surface area contributed by atoms with Crippen LogP contribution in [0.25, 0.3) is 11.4 Å². The third-order valence-corrected chi connectivity index (χ3v) is 4.66. The lowest BCUT2D eigenvalue weighted by Gasteiger charge is -2.12. The van der Waals surface area contributed by atoms with E-state index in [0.29, 0.717) is 17.2 Å². The highest BCUT2D eigenvalue weighted by Crippen LogP contribution is 2.27. The molecule has 0 amide bonds. The van der Waals surface area contributed by atoms with Gasteiger partial charge in [0, 0.05) is 17.2 Å². The number of rotatable bonds is 3. The van der Waals surface area contributed by atoms with Gasteiger partial charge in [-0.25, -0.2) is 18.4 Å². The van der Waals surface area contributed by atoms with Crippen LogP contribution in [0, 0.1) is 6.92 Å². The molecule has 1 atom stereocenters. The molecule has 3 rings (SSSR count). The molecule has 1 aromatic carbocycles. The number of hydrogen-bond donors (Lipinski definition) is 2. The van der Waals surface area contributed by atoms with Crippen molar-refractivity contribution in [1.82, 2.24) is 9.97 Å². The Balaban J connectivity index is 1.91. The summed E-state index contributed by atoms with van der Waals surface area (Å²) < 4.78 is 22.9. The van der Waals surface area contributed by atoms with Crippen LogP contribution in [0.4, 0.5) is 5.82 Å². The fourth-order valence-corrected chi connectivity index (χ4v) is 3.52. The topological polar surface area (TPSA) is 92.2 Å². The highest BCUT2D eigenvalue weighted by molar-refractivity contribution is 7.94. The van der Waals surface area contributed by atoms with E-state index >= 15 is 0 Å². The Hall–Kier alpha value is -2.41. The maximum atomic E-state index is 11.4. The molecule has 0 bridgehead atoms. The summed E-state index contributed by atoms with van der Waals surface area (Å²) in [5, 5.41) is 14.2. The first kappa shape index (κ1) is 14.5. The number of hydrogen-bond acceptors (Lipinski definition) is 6. The van der Waals surface area contributed by atoms with Crippen molar-refractivity contribution in [1.29, 1.82) is 0 Å². The molecule has 2 heterocycles. The van der Waals surface area contributed by atoms with Gasteiger partial charge >= 0.3 is 0 Å². The Labute approximate surface area is 128 Å². The predicted octanol–water partition coefficient (Wildman–Crippen LogP) is 1.88. The van der Waals surface area contributed by atoms with Crippen LogP contribution in [0.2, 0.25) is 0 Å². The monoisotopic (exact) mass is 317 g/mol. The standard InChI is InChI=1S/C15H15N3O3S/c1-10-8-14(17-11-6-7-22(20,21)9-11)18-15(16-10)12-4-2-3-5-13(12)19/h2-8,11,19H,9H2,1H3,(H,16,17,18). The maximum absolute atomic E-state index is 11.4. The summed E-state index contributed by atoms with van der Waals surface area (Å²) in [5.74, 6) is 1.03. The first-order valence-corrected chi connectivity index (χ1v) is 8.46. The largest absolute Gasteiger partial charge is 0.507 e. The molecule has 2 N–H and O–H groups in total. The first-order chi connectivity index (χ1) is 10.4. The van der Waals surface area contributed by atoms with Crippen LogP contribution in [0.1, 0.15) is 5.69 Å². The molecule has 1 unspecified atom stereocenters. The van der Waals surface area contributed by atoms with E-state index in [1.54, 1.807) is 36.4 Å². The summed E-state index contributed by atoms with van der Waals surface area (Å²) in [4.78, 5) is 8.69. The van der Waals surface area contributed by atoms with Gasteiger partial charge in [-0.05, 0) is 25.1 Å². The number of nitrogens with zero attached hydrogens (tertiary/aromatic N) is 2. The van der Waals surface area contributed by atoms with E-state index in [9.17, 15) is 13.5 Å². The van der Waals surface area contributed by atoms with Crippen molar-refractivity contribution in [3.63, 3.8) is 0 Å². The molecular formula is C15H15N3O3S. The molecule has 22 heavy (non-hydrogen) atoms. The van der Waals surface area contributed by atoms with Crippen molar-refractivity contribution in [3.05, 3.63) is 47.5 Å². The van der Waals surface area contributed by atoms with E-state index in [2.05, 4.69) is 15.3 Å². The van der Waals surface area contributed by atoms with E-state index in [1.165, 1.54) is 5.41 Å². The van der Waals surface area contributed by atoms with Gasteiger partial charge in [-0.2, -0.15) is 0 Å². The van der Waals surface area contributed by atoms with Crippen molar-refractivity contribution in [2.75, 3.05) is 11.1 Å². The number of aromatic hydroxyl groups is 1. The first-order valence-electron chi connectivity index (χ1n) is 6.74. The van der Waals surface area contributed by atoms with Crippen LogP contribution < -0.4 is 5.32 Å². The second-order valence-corrected chi connectivity index (χ2v) is 7.08. The molecule has 6 nitrogen and oxygen atoms in total. The van der Waals surface area contributed by atoms with Crippen molar-refractivity contribution >= 4 is 15.7 Å². The molecule has 2 aromatic rings. The minimum Gasteiger partial charge on any atom is -0.507 e. The fourth-order valence-electron chi connectivity index (χ4n) is 2.28. The Bertz CT molecular complexity index is 847. The third kappa shape index (κ3) is 3.09. The molecule has 114 valence electrons. The highest BCUT2D eigenvalue weighted by atomic mass is 32.2. The second kappa shape index (κ2) is 5.42. The SMILES string of the molecule is Cc1cc(NC2C=CS(=O)(=O)C2)nc(-c2ccccc2O)n1. The number of nitrogens with one attached hydrogen (secondary N) is 1. The number of phenols is 1. The number of anilines is 1. The lowest BCUT2D eigenvalue weighted by Crippen LogP contribution is -2.21. The number of para-hydroxylation sites is 1. The minimum absolute atomic E-state index is 0.0158. The number of phenolic OH excluding ortho intramolecular Hbond substituents is 1. The summed E-state index contributed by atoms with van der Waals surface area (Å²) in [7, 11) is -3.12. The molecule has 1 aromatic heterocycles. The molecule has 0 saturated heterocycles. The average Bonchev–Trinajstić information content (AvgIpc) is 2.77. The fraction of sp³-hybridized carbons (Fsp3) is 0.200. The van der Waals surface area contributed by atoms with Crippen LogP contribution in [-0.4, -0.2) is 35.3 Å². The van der Waals surface area contributed by atoms with Gasteiger partial charge in [0.05, 0.1) is 17.4 Å². The predicted molar refractivity (Wildman–Crippen MR) is 84.2 cm³/mol.